The van der Waals surface area contributed by atoms with Crippen LogP contribution in [0.15, 0.2) is 71.2 Å². The number of allylic oxidation sites excluding steroid dienone is 3. The molecular formula is C30H39NO3S. The Morgan fingerprint density at radius 1 is 1.11 bits per heavy atom. The molecule has 0 bridgehead atoms. The van der Waals surface area contributed by atoms with Gasteiger partial charge in [-0.2, -0.15) is 0 Å². The number of likely N-dealkylation sites (tertiary alicyclic amines) is 1. The number of carbonyl (C=O) groups excluding carboxylic acids is 2. The van der Waals surface area contributed by atoms with Crippen molar-refractivity contribution in [3.05, 3.63) is 66.3 Å². The average molecular weight is 494 g/mol. The van der Waals surface area contributed by atoms with Gasteiger partial charge < -0.3 is 10.0 Å². The summed E-state index contributed by atoms with van der Waals surface area (Å²) < 4.78 is 0. The van der Waals surface area contributed by atoms with Crippen LogP contribution in [0.2, 0.25) is 0 Å². The van der Waals surface area contributed by atoms with Crippen molar-refractivity contribution in [2.75, 3.05) is 6.54 Å². The molecule has 0 radical (unpaired) electrons. The molecule has 1 aromatic rings. The molecule has 2 aliphatic carbocycles. The Morgan fingerprint density at radius 2 is 1.77 bits per heavy atom. The van der Waals surface area contributed by atoms with E-state index in [0.29, 0.717) is 19.4 Å². The number of carbonyl (C=O) groups is 2. The standard InChI is InChI=1S/C30H39NO3S/c1-21-19-25(35-23-13-8-6-9-14-23)26(33)28(3,4)24(21)20-30(22(2)32)17-12-18-31(30)27(34)29(5)15-10-7-11-16-29/h6,8-11,13-16,19,24-26,33H,7,12,17-18,20H2,1-5H3/t24-,25-,26+,30+/m0/s1. The van der Waals surface area contributed by atoms with Crippen molar-refractivity contribution in [1.29, 1.82) is 0 Å². The lowest BCUT2D eigenvalue weighted by Gasteiger charge is -2.50. The first-order valence-electron chi connectivity index (χ1n) is 12.8. The third kappa shape index (κ3) is 4.70. The Hall–Kier alpha value is -2.11. The summed E-state index contributed by atoms with van der Waals surface area (Å²) in [5, 5.41) is 11.5. The number of hydrogen-bond donors (Lipinski definition) is 1. The predicted octanol–water partition coefficient (Wildman–Crippen LogP) is 5.97. The van der Waals surface area contributed by atoms with Crippen LogP contribution < -0.4 is 0 Å². The number of aliphatic hydroxyl groups excluding tert-OH is 1. The molecular weight excluding hydrogens is 454 g/mol. The molecule has 4 rings (SSSR count). The number of hydrogen-bond acceptors (Lipinski definition) is 4. The van der Waals surface area contributed by atoms with E-state index in [1.165, 1.54) is 5.57 Å². The maximum Gasteiger partial charge on any atom is 0.237 e. The topological polar surface area (TPSA) is 57.6 Å². The van der Waals surface area contributed by atoms with Crippen LogP contribution in [-0.4, -0.2) is 45.1 Å². The van der Waals surface area contributed by atoms with Crippen LogP contribution in [0.25, 0.3) is 0 Å². The Balaban J connectivity index is 1.65. The van der Waals surface area contributed by atoms with Crippen molar-refractivity contribution < 1.29 is 14.7 Å². The number of rotatable bonds is 6. The van der Waals surface area contributed by atoms with Gasteiger partial charge in [0.15, 0.2) is 5.78 Å². The minimum atomic E-state index is -0.838. The quantitative estimate of drug-likeness (QED) is 0.496. The number of benzene rings is 1. The number of ketones is 1. The summed E-state index contributed by atoms with van der Waals surface area (Å²) in [6, 6.07) is 10.2. The highest BCUT2D eigenvalue weighted by Crippen LogP contribution is 2.51. The molecule has 4 nitrogen and oxygen atoms in total. The maximum atomic E-state index is 13.9. The van der Waals surface area contributed by atoms with Gasteiger partial charge in [0.1, 0.15) is 5.54 Å². The Morgan fingerprint density at radius 3 is 2.40 bits per heavy atom. The largest absolute Gasteiger partial charge is 0.391 e. The van der Waals surface area contributed by atoms with E-state index in [2.05, 4.69) is 39.0 Å². The number of amides is 1. The zero-order chi connectivity index (χ0) is 25.4. The maximum absolute atomic E-state index is 13.9. The first-order chi connectivity index (χ1) is 16.5. The fourth-order valence-corrected chi connectivity index (χ4v) is 7.68. The van der Waals surface area contributed by atoms with Gasteiger partial charge in [-0.3, -0.25) is 9.59 Å². The van der Waals surface area contributed by atoms with Gasteiger partial charge in [-0.25, -0.2) is 0 Å². The molecule has 0 spiro atoms. The van der Waals surface area contributed by atoms with Gasteiger partial charge in [-0.1, -0.05) is 68.0 Å². The molecule has 1 heterocycles. The lowest BCUT2D eigenvalue weighted by atomic mass is 9.62. The highest BCUT2D eigenvalue weighted by molar-refractivity contribution is 8.00. The van der Waals surface area contributed by atoms with E-state index in [-0.39, 0.29) is 22.9 Å². The predicted molar refractivity (Wildman–Crippen MR) is 143 cm³/mol. The van der Waals surface area contributed by atoms with Gasteiger partial charge in [0.2, 0.25) is 5.91 Å². The van der Waals surface area contributed by atoms with E-state index in [1.807, 2.05) is 54.3 Å². The van der Waals surface area contributed by atoms with Gasteiger partial charge in [-0.05, 0) is 69.9 Å². The number of thioether (sulfide) groups is 1. The van der Waals surface area contributed by atoms with Gasteiger partial charge in [0.05, 0.1) is 16.8 Å². The van der Waals surface area contributed by atoms with Crippen LogP contribution in [0.3, 0.4) is 0 Å². The third-order valence-electron chi connectivity index (χ3n) is 8.56. The lowest BCUT2D eigenvalue weighted by Crippen LogP contribution is -2.58. The zero-order valence-corrected chi connectivity index (χ0v) is 22.5. The SMILES string of the molecule is CC(=O)[C@]1(C[C@H]2C(C)=C[C@H](Sc3ccccc3)[C@@H](O)C2(C)C)CCCN1C(=O)C1(C)C=CCC=C1. The Bertz CT molecular complexity index is 1040. The minimum absolute atomic E-state index is 0.00528. The van der Waals surface area contributed by atoms with Crippen molar-refractivity contribution >= 4 is 23.5 Å². The second-order valence-corrected chi connectivity index (χ2v) is 12.6. The summed E-state index contributed by atoms with van der Waals surface area (Å²) in [5.41, 5.74) is -0.806. The van der Waals surface area contributed by atoms with Gasteiger partial charge >= 0.3 is 0 Å². The molecule has 0 aromatic heterocycles. The normalized spacial score (nSPS) is 31.3. The van der Waals surface area contributed by atoms with Crippen LogP contribution in [0, 0.1) is 16.7 Å². The Kier molecular flexibility index (Phi) is 7.23. The molecule has 4 atom stereocenters. The van der Waals surface area contributed by atoms with E-state index in [4.69, 9.17) is 0 Å². The molecule has 1 aliphatic heterocycles. The molecule has 1 saturated heterocycles. The van der Waals surface area contributed by atoms with Crippen molar-refractivity contribution in [2.24, 2.45) is 16.7 Å². The lowest BCUT2D eigenvalue weighted by molar-refractivity contribution is -0.149. The second kappa shape index (κ2) is 9.74. The second-order valence-electron chi connectivity index (χ2n) is 11.3. The molecule has 35 heavy (non-hydrogen) atoms. The Labute approximate surface area is 214 Å². The zero-order valence-electron chi connectivity index (χ0n) is 21.7. The first kappa shape index (κ1) is 26.0. The number of nitrogens with zero attached hydrogens (tertiary/aromatic N) is 1. The molecule has 1 N–H and O–H groups in total. The molecule has 5 heteroatoms. The van der Waals surface area contributed by atoms with E-state index in [0.717, 1.165) is 17.7 Å². The smallest absolute Gasteiger partial charge is 0.237 e. The summed E-state index contributed by atoms with van der Waals surface area (Å²) in [5.74, 6) is 0.0490. The van der Waals surface area contributed by atoms with Crippen LogP contribution >= 0.6 is 11.8 Å². The number of Topliss-reactive ketones (excluding diaryl/α,β-unsaturated/α-hetero) is 1. The van der Waals surface area contributed by atoms with Crippen LogP contribution in [0.1, 0.15) is 60.3 Å². The van der Waals surface area contributed by atoms with Crippen LogP contribution in [0.5, 0.6) is 0 Å². The van der Waals surface area contributed by atoms with E-state index in [9.17, 15) is 14.7 Å². The third-order valence-corrected chi connectivity index (χ3v) is 9.77. The van der Waals surface area contributed by atoms with Gasteiger partial charge in [0, 0.05) is 11.4 Å². The summed E-state index contributed by atoms with van der Waals surface area (Å²) >= 11 is 1.68. The van der Waals surface area contributed by atoms with E-state index in [1.54, 1.807) is 18.7 Å². The molecule has 0 saturated carbocycles. The molecule has 1 aromatic carbocycles. The fraction of sp³-hybridized carbons (Fsp3) is 0.533. The van der Waals surface area contributed by atoms with Crippen molar-refractivity contribution in [1.82, 2.24) is 4.90 Å². The first-order valence-corrected chi connectivity index (χ1v) is 13.7. The molecule has 1 amide bonds. The summed E-state index contributed by atoms with van der Waals surface area (Å²) in [6.45, 7) is 10.5. The summed E-state index contributed by atoms with van der Waals surface area (Å²) in [6.07, 6.45) is 12.5. The fourth-order valence-electron chi connectivity index (χ4n) is 6.29. The van der Waals surface area contributed by atoms with Crippen molar-refractivity contribution in [2.45, 2.75) is 82.1 Å². The van der Waals surface area contributed by atoms with E-state index < -0.39 is 22.5 Å². The summed E-state index contributed by atoms with van der Waals surface area (Å²) in [7, 11) is 0. The molecule has 3 aliphatic rings. The van der Waals surface area contributed by atoms with Gasteiger partial charge in [0.25, 0.3) is 0 Å². The highest BCUT2D eigenvalue weighted by Gasteiger charge is 2.55. The number of aliphatic hydroxyl groups is 1. The molecule has 1 fully saturated rings. The van der Waals surface area contributed by atoms with Crippen molar-refractivity contribution in [3.8, 4) is 0 Å². The monoisotopic (exact) mass is 493 g/mol. The molecule has 188 valence electrons. The van der Waals surface area contributed by atoms with Crippen LogP contribution in [0.4, 0.5) is 0 Å². The highest BCUT2D eigenvalue weighted by atomic mass is 32.2. The average Bonchev–Trinajstić information content (AvgIpc) is 3.26. The van der Waals surface area contributed by atoms with Crippen molar-refractivity contribution in [3.63, 3.8) is 0 Å². The molecule has 0 unspecified atom stereocenters. The van der Waals surface area contributed by atoms with Crippen LogP contribution in [-0.2, 0) is 9.59 Å². The minimum Gasteiger partial charge on any atom is -0.391 e. The van der Waals surface area contributed by atoms with E-state index >= 15 is 0 Å². The summed E-state index contributed by atoms with van der Waals surface area (Å²) in [4.78, 5) is 30.2. The van der Waals surface area contributed by atoms with Gasteiger partial charge in [-0.15, -0.1) is 11.8 Å².